The molecule has 206 valence electrons. The van der Waals surface area contributed by atoms with E-state index < -0.39 is 18.5 Å². The predicted octanol–water partition coefficient (Wildman–Crippen LogP) is 5.70. The van der Waals surface area contributed by atoms with E-state index in [4.69, 9.17) is 23.4 Å². The van der Waals surface area contributed by atoms with Crippen molar-refractivity contribution in [1.29, 1.82) is 0 Å². The number of hydrogen-bond donors (Lipinski definition) is 0. The molecule has 8 heteroatoms. The molecule has 0 radical (unpaired) electrons. The van der Waals surface area contributed by atoms with Gasteiger partial charge in [-0.3, -0.25) is 4.79 Å². The monoisotopic (exact) mass is 550 g/mol. The molecule has 0 spiro atoms. The van der Waals surface area contributed by atoms with Crippen molar-refractivity contribution < 1.29 is 33.0 Å². The zero-order valence-electron chi connectivity index (χ0n) is 22.0. The second-order valence-corrected chi connectivity index (χ2v) is 9.01. The van der Waals surface area contributed by atoms with E-state index >= 15 is 0 Å². The van der Waals surface area contributed by atoms with Crippen molar-refractivity contribution in [3.63, 3.8) is 0 Å². The molecule has 1 heterocycles. The molecule has 0 fully saturated rings. The Morgan fingerprint density at radius 1 is 0.634 bits per heavy atom. The molecule has 8 nitrogen and oxygen atoms in total. The molecule has 5 aromatic rings. The van der Waals surface area contributed by atoms with Crippen LogP contribution >= 0.6 is 0 Å². The summed E-state index contributed by atoms with van der Waals surface area (Å²) in [6.07, 6.45) is 0. The van der Waals surface area contributed by atoms with Gasteiger partial charge in [-0.05, 0) is 11.1 Å². The summed E-state index contributed by atoms with van der Waals surface area (Å²) in [6.45, 7) is -0.653. The fourth-order valence-electron chi connectivity index (χ4n) is 4.01. The Hall–Kier alpha value is -5.37. The highest BCUT2D eigenvalue weighted by Gasteiger charge is 2.17. The summed E-state index contributed by atoms with van der Waals surface area (Å²) in [5, 5.41) is 0.125. The molecule has 41 heavy (non-hydrogen) atoms. The number of fused-ring (bicyclic) bond motifs is 1. The Labute approximate surface area is 235 Å². The quantitative estimate of drug-likeness (QED) is 0.193. The van der Waals surface area contributed by atoms with E-state index in [1.54, 1.807) is 0 Å². The van der Waals surface area contributed by atoms with E-state index in [0.29, 0.717) is 11.3 Å². The Bertz CT molecular complexity index is 1680. The van der Waals surface area contributed by atoms with Crippen molar-refractivity contribution >= 4 is 22.9 Å². The highest BCUT2D eigenvalue weighted by molar-refractivity contribution is 5.87. The highest BCUT2D eigenvalue weighted by Crippen LogP contribution is 2.32. The third kappa shape index (κ3) is 7.39. The third-order valence-corrected chi connectivity index (χ3v) is 6.01. The highest BCUT2D eigenvalue weighted by atomic mass is 16.6. The summed E-state index contributed by atoms with van der Waals surface area (Å²) in [6, 6.07) is 31.9. The number of ether oxygens (including phenoxy) is 4. The summed E-state index contributed by atoms with van der Waals surface area (Å²) in [4.78, 5) is 37.9. The Balaban J connectivity index is 1.35. The number of esters is 2. The SMILES string of the molecule is O=C(COc1cc(OCC(=O)OCc2ccccc2)c2c(=O)cc(-c3ccccc3)oc2c1)OCc1ccccc1. The lowest BCUT2D eigenvalue weighted by Crippen LogP contribution is -2.17. The van der Waals surface area contributed by atoms with Crippen LogP contribution in [0, 0.1) is 0 Å². The molecule has 0 unspecified atom stereocenters. The number of benzene rings is 4. The minimum atomic E-state index is -0.622. The fourth-order valence-corrected chi connectivity index (χ4v) is 4.01. The molecule has 0 amide bonds. The Morgan fingerprint density at radius 3 is 1.76 bits per heavy atom. The van der Waals surface area contributed by atoms with Crippen LogP contribution < -0.4 is 14.9 Å². The van der Waals surface area contributed by atoms with Crippen LogP contribution in [0.15, 0.2) is 118 Å². The minimum absolute atomic E-state index is 0.0557. The Kier molecular flexibility index (Phi) is 8.71. The van der Waals surface area contributed by atoms with Crippen molar-refractivity contribution in [1.82, 2.24) is 0 Å². The van der Waals surface area contributed by atoms with Gasteiger partial charge in [-0.25, -0.2) is 9.59 Å². The molecule has 0 saturated carbocycles. The van der Waals surface area contributed by atoms with Crippen LogP contribution in [0.3, 0.4) is 0 Å². The van der Waals surface area contributed by atoms with Crippen LogP contribution in [-0.4, -0.2) is 25.2 Å². The molecule has 5 rings (SSSR count). The average molecular weight is 551 g/mol. The van der Waals surface area contributed by atoms with Gasteiger partial charge in [0.15, 0.2) is 18.6 Å². The molecular weight excluding hydrogens is 524 g/mol. The second-order valence-electron chi connectivity index (χ2n) is 9.01. The lowest BCUT2D eigenvalue weighted by molar-refractivity contribution is -0.148. The first-order valence-electron chi connectivity index (χ1n) is 12.9. The fraction of sp³-hybridized carbons (Fsp3) is 0.121. The predicted molar refractivity (Wildman–Crippen MR) is 151 cm³/mol. The summed E-state index contributed by atoms with van der Waals surface area (Å²) in [7, 11) is 0. The van der Waals surface area contributed by atoms with Crippen LogP contribution in [0.25, 0.3) is 22.3 Å². The lowest BCUT2D eigenvalue weighted by atomic mass is 10.1. The molecule has 0 aliphatic heterocycles. The van der Waals surface area contributed by atoms with Crippen molar-refractivity contribution in [2.45, 2.75) is 13.2 Å². The standard InChI is InChI=1S/C33H26O8/c34-27-18-28(25-14-8-3-9-15-25)41-30-17-26(37-21-31(35)39-19-23-10-4-1-5-11-23)16-29(33(27)30)38-22-32(36)40-20-24-12-6-2-7-13-24/h1-18H,19-22H2. The molecular formula is C33H26O8. The van der Waals surface area contributed by atoms with Gasteiger partial charge in [0, 0.05) is 23.8 Å². The van der Waals surface area contributed by atoms with Gasteiger partial charge < -0.3 is 23.4 Å². The largest absolute Gasteiger partial charge is 0.482 e. The average Bonchev–Trinajstić information content (AvgIpc) is 3.01. The molecule has 0 aliphatic carbocycles. The van der Waals surface area contributed by atoms with Gasteiger partial charge in [0.05, 0.1) is 0 Å². The van der Waals surface area contributed by atoms with E-state index in [2.05, 4.69) is 0 Å². The van der Waals surface area contributed by atoms with E-state index in [9.17, 15) is 14.4 Å². The maximum absolute atomic E-state index is 13.2. The van der Waals surface area contributed by atoms with Gasteiger partial charge in [-0.1, -0.05) is 91.0 Å². The second kappa shape index (κ2) is 13.1. The van der Waals surface area contributed by atoms with Crippen LogP contribution in [-0.2, 0) is 32.3 Å². The van der Waals surface area contributed by atoms with E-state index in [0.717, 1.165) is 11.1 Å². The summed E-state index contributed by atoms with van der Waals surface area (Å²) >= 11 is 0. The van der Waals surface area contributed by atoms with Gasteiger partial charge in [0.2, 0.25) is 0 Å². The van der Waals surface area contributed by atoms with Crippen LogP contribution in [0.1, 0.15) is 11.1 Å². The Morgan fingerprint density at radius 2 is 1.17 bits per heavy atom. The topological polar surface area (TPSA) is 101 Å². The summed E-state index contributed by atoms with van der Waals surface area (Å²) < 4.78 is 28.0. The number of rotatable bonds is 11. The maximum Gasteiger partial charge on any atom is 0.344 e. The first kappa shape index (κ1) is 27.2. The van der Waals surface area contributed by atoms with E-state index in [1.807, 2.05) is 91.0 Å². The molecule has 1 aromatic heterocycles. The van der Waals surface area contributed by atoms with Gasteiger partial charge in [0.1, 0.15) is 41.4 Å². The van der Waals surface area contributed by atoms with Gasteiger partial charge in [-0.15, -0.1) is 0 Å². The zero-order chi connectivity index (χ0) is 28.4. The number of hydrogen-bond acceptors (Lipinski definition) is 8. The summed E-state index contributed by atoms with van der Waals surface area (Å²) in [5.74, 6) is -0.616. The van der Waals surface area contributed by atoms with Crippen LogP contribution in [0.4, 0.5) is 0 Å². The lowest BCUT2D eigenvalue weighted by Gasteiger charge is -2.13. The van der Waals surface area contributed by atoms with Crippen molar-refractivity contribution in [3.05, 3.63) is 131 Å². The first-order chi connectivity index (χ1) is 20.0. The van der Waals surface area contributed by atoms with Crippen LogP contribution in [0.5, 0.6) is 11.5 Å². The van der Waals surface area contributed by atoms with Crippen molar-refractivity contribution in [3.8, 4) is 22.8 Å². The summed E-state index contributed by atoms with van der Waals surface area (Å²) in [5.41, 5.74) is 2.17. The molecule has 0 saturated heterocycles. The third-order valence-electron chi connectivity index (χ3n) is 6.01. The number of carbonyl (C=O) groups is 2. The smallest absolute Gasteiger partial charge is 0.344 e. The van der Waals surface area contributed by atoms with Crippen LogP contribution in [0.2, 0.25) is 0 Å². The van der Waals surface area contributed by atoms with E-state index in [1.165, 1.54) is 18.2 Å². The van der Waals surface area contributed by atoms with Crippen molar-refractivity contribution in [2.24, 2.45) is 0 Å². The molecule has 0 bridgehead atoms. The van der Waals surface area contributed by atoms with Gasteiger partial charge >= 0.3 is 11.9 Å². The van der Waals surface area contributed by atoms with Gasteiger partial charge in [0.25, 0.3) is 0 Å². The first-order valence-corrected chi connectivity index (χ1v) is 12.9. The zero-order valence-corrected chi connectivity index (χ0v) is 22.0. The van der Waals surface area contributed by atoms with E-state index in [-0.39, 0.29) is 47.7 Å². The van der Waals surface area contributed by atoms with Crippen molar-refractivity contribution in [2.75, 3.05) is 13.2 Å². The normalized spacial score (nSPS) is 10.6. The molecule has 0 aliphatic rings. The van der Waals surface area contributed by atoms with Gasteiger partial charge in [-0.2, -0.15) is 0 Å². The molecule has 0 atom stereocenters. The molecule has 0 N–H and O–H groups in total. The molecule has 4 aromatic carbocycles. The maximum atomic E-state index is 13.2. The minimum Gasteiger partial charge on any atom is -0.482 e. The number of carbonyl (C=O) groups excluding carboxylic acids is 2.